The molecule has 0 fully saturated rings. The lowest BCUT2D eigenvalue weighted by molar-refractivity contribution is 0.0574. The Morgan fingerprint density at radius 2 is 1.68 bits per heavy atom. The standard InChI is InChI=1S/C15H13Br2IO/c16-13-7-5-11(6-8-13)15(9-18)19-10-12-3-1-2-4-14(12)17/h1-8,15H,9-10H2. The fraction of sp³-hybridized carbons (Fsp3) is 0.200. The molecule has 0 aliphatic heterocycles. The van der Waals surface area contributed by atoms with Crippen molar-refractivity contribution >= 4 is 54.5 Å². The molecule has 2 rings (SSSR count). The van der Waals surface area contributed by atoms with Crippen molar-refractivity contribution in [3.8, 4) is 0 Å². The molecule has 0 radical (unpaired) electrons. The summed E-state index contributed by atoms with van der Waals surface area (Å²) in [6.45, 7) is 0.616. The third kappa shape index (κ3) is 4.55. The van der Waals surface area contributed by atoms with Crippen molar-refractivity contribution in [2.45, 2.75) is 12.7 Å². The SMILES string of the molecule is Brc1ccc(C(CI)OCc2ccccc2Br)cc1. The minimum Gasteiger partial charge on any atom is -0.368 e. The molecule has 4 heteroatoms. The van der Waals surface area contributed by atoms with Gasteiger partial charge < -0.3 is 4.74 Å². The molecule has 0 aromatic heterocycles. The Bertz CT molecular complexity index is 528. The third-order valence-electron chi connectivity index (χ3n) is 2.78. The maximum absolute atomic E-state index is 6.03. The summed E-state index contributed by atoms with van der Waals surface area (Å²) in [4.78, 5) is 0. The van der Waals surface area contributed by atoms with Crippen molar-refractivity contribution in [3.05, 3.63) is 68.6 Å². The fourth-order valence-corrected chi connectivity index (χ4v) is 3.14. The highest BCUT2D eigenvalue weighted by Crippen LogP contribution is 2.25. The molecule has 0 saturated heterocycles. The normalized spacial score (nSPS) is 12.4. The van der Waals surface area contributed by atoms with Crippen LogP contribution in [0, 0.1) is 0 Å². The van der Waals surface area contributed by atoms with E-state index in [9.17, 15) is 0 Å². The van der Waals surface area contributed by atoms with Crippen LogP contribution in [0.25, 0.3) is 0 Å². The number of halogens is 3. The molecule has 0 aliphatic carbocycles. The van der Waals surface area contributed by atoms with Gasteiger partial charge in [0.1, 0.15) is 0 Å². The van der Waals surface area contributed by atoms with Crippen LogP contribution in [0.3, 0.4) is 0 Å². The quantitative estimate of drug-likeness (QED) is 0.370. The van der Waals surface area contributed by atoms with Gasteiger partial charge in [0, 0.05) is 13.4 Å². The maximum Gasteiger partial charge on any atom is 0.0918 e. The van der Waals surface area contributed by atoms with E-state index in [2.05, 4.69) is 84.8 Å². The van der Waals surface area contributed by atoms with Gasteiger partial charge in [-0.1, -0.05) is 84.8 Å². The molecule has 1 atom stereocenters. The molecule has 0 bridgehead atoms. The van der Waals surface area contributed by atoms with Crippen LogP contribution in [0.15, 0.2) is 57.5 Å². The highest BCUT2D eigenvalue weighted by molar-refractivity contribution is 14.1. The molecule has 1 unspecified atom stereocenters. The number of alkyl halides is 1. The largest absolute Gasteiger partial charge is 0.368 e. The van der Waals surface area contributed by atoms with Gasteiger partial charge in [-0.15, -0.1) is 0 Å². The first-order chi connectivity index (χ1) is 9.20. The number of benzene rings is 2. The lowest BCUT2D eigenvalue weighted by atomic mass is 10.1. The molecular weight excluding hydrogens is 483 g/mol. The maximum atomic E-state index is 6.03. The van der Waals surface area contributed by atoms with Gasteiger partial charge in [-0.3, -0.25) is 0 Å². The topological polar surface area (TPSA) is 9.23 Å². The number of ether oxygens (including phenoxy) is 1. The summed E-state index contributed by atoms with van der Waals surface area (Å²) in [5.74, 6) is 0. The number of hydrogen-bond acceptors (Lipinski definition) is 1. The molecule has 2 aromatic carbocycles. The van der Waals surface area contributed by atoms with Crippen LogP contribution in [0.1, 0.15) is 17.2 Å². The van der Waals surface area contributed by atoms with Crippen molar-refractivity contribution in [2.75, 3.05) is 4.43 Å². The first-order valence-electron chi connectivity index (χ1n) is 5.87. The van der Waals surface area contributed by atoms with E-state index < -0.39 is 0 Å². The summed E-state index contributed by atoms with van der Waals surface area (Å²) in [6.07, 6.45) is 0.126. The number of rotatable bonds is 5. The fourth-order valence-electron chi connectivity index (χ4n) is 1.71. The summed E-state index contributed by atoms with van der Waals surface area (Å²) in [7, 11) is 0. The van der Waals surface area contributed by atoms with Crippen molar-refractivity contribution in [1.29, 1.82) is 0 Å². The second-order valence-corrected chi connectivity index (χ2v) is 6.75. The van der Waals surface area contributed by atoms with E-state index in [-0.39, 0.29) is 6.10 Å². The van der Waals surface area contributed by atoms with Crippen LogP contribution in [-0.4, -0.2) is 4.43 Å². The highest BCUT2D eigenvalue weighted by atomic mass is 127. The minimum atomic E-state index is 0.126. The lowest BCUT2D eigenvalue weighted by Crippen LogP contribution is -2.06. The van der Waals surface area contributed by atoms with E-state index in [1.165, 1.54) is 11.1 Å². The molecular formula is C15H13Br2IO. The first kappa shape index (κ1) is 15.5. The molecule has 0 heterocycles. The molecule has 0 amide bonds. The molecule has 0 N–H and O–H groups in total. The summed E-state index contributed by atoms with van der Waals surface area (Å²) < 4.78 is 9.15. The second kappa shape index (κ2) is 7.76. The van der Waals surface area contributed by atoms with Crippen LogP contribution < -0.4 is 0 Å². The van der Waals surface area contributed by atoms with Gasteiger partial charge in [0.2, 0.25) is 0 Å². The monoisotopic (exact) mass is 494 g/mol. The number of hydrogen-bond donors (Lipinski definition) is 0. The van der Waals surface area contributed by atoms with Gasteiger partial charge in [0.05, 0.1) is 12.7 Å². The van der Waals surface area contributed by atoms with Gasteiger partial charge in [-0.25, -0.2) is 0 Å². The van der Waals surface area contributed by atoms with Gasteiger partial charge in [0.25, 0.3) is 0 Å². The average Bonchev–Trinajstić information content (AvgIpc) is 2.43. The van der Waals surface area contributed by atoms with Crippen molar-refractivity contribution < 1.29 is 4.74 Å². The van der Waals surface area contributed by atoms with E-state index in [4.69, 9.17) is 4.74 Å². The van der Waals surface area contributed by atoms with E-state index in [1.807, 2.05) is 18.2 Å². The molecule has 19 heavy (non-hydrogen) atoms. The zero-order chi connectivity index (χ0) is 13.7. The third-order valence-corrected chi connectivity index (χ3v) is 4.88. The predicted octanol–water partition coefficient (Wildman–Crippen LogP) is 5.90. The van der Waals surface area contributed by atoms with Crippen molar-refractivity contribution in [2.24, 2.45) is 0 Å². The van der Waals surface area contributed by atoms with E-state index in [0.29, 0.717) is 6.61 Å². The molecule has 0 spiro atoms. The second-order valence-electron chi connectivity index (χ2n) is 4.10. The van der Waals surface area contributed by atoms with Gasteiger partial charge in [-0.05, 0) is 29.3 Å². The average molecular weight is 496 g/mol. The Balaban J connectivity index is 2.04. The minimum absolute atomic E-state index is 0.126. The van der Waals surface area contributed by atoms with E-state index in [1.54, 1.807) is 0 Å². The molecule has 1 nitrogen and oxygen atoms in total. The Hall–Kier alpha value is 0.0900. The predicted molar refractivity (Wildman–Crippen MR) is 94.7 cm³/mol. The molecule has 0 aliphatic rings. The Morgan fingerprint density at radius 3 is 2.32 bits per heavy atom. The Kier molecular flexibility index (Phi) is 6.32. The first-order valence-corrected chi connectivity index (χ1v) is 8.98. The summed E-state index contributed by atoms with van der Waals surface area (Å²) >= 11 is 9.36. The Labute approximate surface area is 144 Å². The zero-order valence-electron chi connectivity index (χ0n) is 10.2. The lowest BCUT2D eigenvalue weighted by Gasteiger charge is -2.16. The smallest absolute Gasteiger partial charge is 0.0918 e. The van der Waals surface area contributed by atoms with Gasteiger partial charge in [0.15, 0.2) is 0 Å². The molecule has 0 saturated carbocycles. The van der Waals surface area contributed by atoms with E-state index >= 15 is 0 Å². The van der Waals surface area contributed by atoms with Crippen molar-refractivity contribution in [1.82, 2.24) is 0 Å². The van der Waals surface area contributed by atoms with Crippen LogP contribution in [0.4, 0.5) is 0 Å². The summed E-state index contributed by atoms with van der Waals surface area (Å²) in [5, 5.41) is 0. The van der Waals surface area contributed by atoms with Gasteiger partial charge in [-0.2, -0.15) is 0 Å². The summed E-state index contributed by atoms with van der Waals surface area (Å²) in [6, 6.07) is 16.5. The van der Waals surface area contributed by atoms with Crippen molar-refractivity contribution in [3.63, 3.8) is 0 Å². The van der Waals surface area contributed by atoms with Crippen LogP contribution in [-0.2, 0) is 11.3 Å². The Morgan fingerprint density at radius 1 is 1.00 bits per heavy atom. The van der Waals surface area contributed by atoms with E-state index in [0.717, 1.165) is 13.4 Å². The highest BCUT2D eigenvalue weighted by Gasteiger charge is 2.11. The summed E-state index contributed by atoms with van der Waals surface area (Å²) in [5.41, 5.74) is 2.39. The van der Waals surface area contributed by atoms with Crippen LogP contribution >= 0.6 is 54.5 Å². The molecule has 2 aromatic rings. The molecule has 100 valence electrons. The van der Waals surface area contributed by atoms with Gasteiger partial charge >= 0.3 is 0 Å². The van der Waals surface area contributed by atoms with Crippen LogP contribution in [0.5, 0.6) is 0 Å². The zero-order valence-corrected chi connectivity index (χ0v) is 15.5. The van der Waals surface area contributed by atoms with Crippen LogP contribution in [0.2, 0.25) is 0 Å².